The number of hydrogen-bond acceptors (Lipinski definition) is 4. The van der Waals surface area contributed by atoms with Crippen molar-refractivity contribution in [1.29, 1.82) is 0 Å². The van der Waals surface area contributed by atoms with Gasteiger partial charge in [-0.15, -0.1) is 0 Å². The standard InChI is InChI=1S/C28H31NO4/c1-33-26-14-8-6-12-21(26)16-23(30)17-22(15-19-9-3-2-4-10-19)28(32)29-27-24-13-7-5-11-20(24)18-25(27)31/h2-14,22-23,25,27,30-31H,15-18H2,1H3,(H,29,32)/t22-,23-,25+,27-/m0/s1. The fraction of sp³-hybridized carbons (Fsp3) is 0.321. The number of nitrogens with one attached hydrogen (secondary N) is 1. The van der Waals surface area contributed by atoms with Crippen LogP contribution in [0.3, 0.4) is 0 Å². The van der Waals surface area contributed by atoms with E-state index < -0.39 is 24.2 Å². The number of carbonyl (C=O) groups is 1. The highest BCUT2D eigenvalue weighted by Gasteiger charge is 2.34. The van der Waals surface area contributed by atoms with Gasteiger partial charge in [-0.25, -0.2) is 0 Å². The van der Waals surface area contributed by atoms with E-state index in [4.69, 9.17) is 4.74 Å². The van der Waals surface area contributed by atoms with Crippen LogP contribution in [0.25, 0.3) is 0 Å². The molecular weight excluding hydrogens is 414 g/mol. The number of benzene rings is 3. The van der Waals surface area contributed by atoms with Crippen LogP contribution < -0.4 is 10.1 Å². The molecule has 5 heteroatoms. The molecule has 0 fully saturated rings. The molecule has 0 heterocycles. The van der Waals surface area contributed by atoms with Crippen molar-refractivity contribution in [2.75, 3.05) is 7.11 Å². The van der Waals surface area contributed by atoms with Crippen LogP contribution in [0.2, 0.25) is 0 Å². The Morgan fingerprint density at radius 2 is 1.70 bits per heavy atom. The lowest BCUT2D eigenvalue weighted by Gasteiger charge is -2.24. The summed E-state index contributed by atoms with van der Waals surface area (Å²) in [6.45, 7) is 0. The summed E-state index contributed by atoms with van der Waals surface area (Å²) >= 11 is 0. The second kappa shape index (κ2) is 10.6. The molecule has 1 aliphatic rings. The van der Waals surface area contributed by atoms with E-state index in [-0.39, 0.29) is 5.91 Å². The molecule has 33 heavy (non-hydrogen) atoms. The number of fused-ring (bicyclic) bond motifs is 1. The van der Waals surface area contributed by atoms with Crippen LogP contribution in [-0.4, -0.2) is 35.4 Å². The van der Waals surface area contributed by atoms with Crippen molar-refractivity contribution in [2.45, 2.75) is 43.9 Å². The number of para-hydroxylation sites is 1. The van der Waals surface area contributed by atoms with Gasteiger partial charge in [-0.2, -0.15) is 0 Å². The molecule has 5 nitrogen and oxygen atoms in total. The predicted molar refractivity (Wildman–Crippen MR) is 128 cm³/mol. The lowest BCUT2D eigenvalue weighted by atomic mass is 9.90. The summed E-state index contributed by atoms with van der Waals surface area (Å²) < 4.78 is 5.41. The zero-order valence-corrected chi connectivity index (χ0v) is 18.9. The SMILES string of the molecule is COc1ccccc1C[C@H](O)C[C@H](Cc1ccccc1)C(=O)N[C@H]1c2ccccc2C[C@H]1O. The second-order valence-corrected chi connectivity index (χ2v) is 8.75. The third-order valence-corrected chi connectivity index (χ3v) is 6.40. The number of rotatable bonds is 9. The molecule has 0 radical (unpaired) electrons. The Bertz CT molecular complexity index is 1070. The first kappa shape index (κ1) is 23.0. The number of hydrogen-bond donors (Lipinski definition) is 3. The molecule has 3 aromatic rings. The number of methoxy groups -OCH3 is 1. The van der Waals surface area contributed by atoms with Crippen LogP contribution in [0.1, 0.15) is 34.7 Å². The Kier molecular flexibility index (Phi) is 7.43. The zero-order valence-electron chi connectivity index (χ0n) is 18.9. The summed E-state index contributed by atoms with van der Waals surface area (Å²) in [5.41, 5.74) is 3.97. The maximum atomic E-state index is 13.4. The Morgan fingerprint density at radius 3 is 2.48 bits per heavy atom. The molecule has 0 unspecified atom stereocenters. The lowest BCUT2D eigenvalue weighted by Crippen LogP contribution is -2.39. The summed E-state index contributed by atoms with van der Waals surface area (Å²) in [4.78, 5) is 13.4. The molecule has 0 saturated heterocycles. The zero-order chi connectivity index (χ0) is 23.2. The smallest absolute Gasteiger partial charge is 0.224 e. The minimum atomic E-state index is -0.707. The average molecular weight is 446 g/mol. The van der Waals surface area contributed by atoms with Gasteiger partial charge in [0.15, 0.2) is 0 Å². The Balaban J connectivity index is 1.50. The van der Waals surface area contributed by atoms with Gasteiger partial charge in [0.2, 0.25) is 5.91 Å². The van der Waals surface area contributed by atoms with Gasteiger partial charge in [0.05, 0.1) is 25.4 Å². The number of amides is 1. The van der Waals surface area contributed by atoms with Gasteiger partial charge >= 0.3 is 0 Å². The lowest BCUT2D eigenvalue weighted by molar-refractivity contribution is -0.127. The van der Waals surface area contributed by atoms with Gasteiger partial charge in [0.25, 0.3) is 0 Å². The topological polar surface area (TPSA) is 78.8 Å². The van der Waals surface area contributed by atoms with Gasteiger partial charge in [-0.3, -0.25) is 4.79 Å². The molecule has 4 rings (SSSR count). The van der Waals surface area contributed by atoms with Crippen molar-refractivity contribution in [3.63, 3.8) is 0 Å². The maximum Gasteiger partial charge on any atom is 0.224 e. The van der Waals surface area contributed by atoms with Gasteiger partial charge in [-0.05, 0) is 41.2 Å². The van der Waals surface area contributed by atoms with Crippen molar-refractivity contribution in [1.82, 2.24) is 5.32 Å². The first-order valence-corrected chi connectivity index (χ1v) is 11.4. The molecule has 0 spiro atoms. The molecule has 3 N–H and O–H groups in total. The summed E-state index contributed by atoms with van der Waals surface area (Å²) in [6.07, 6.45) is 0.394. The van der Waals surface area contributed by atoms with E-state index in [9.17, 15) is 15.0 Å². The Labute approximate surface area is 195 Å². The minimum absolute atomic E-state index is 0.154. The van der Waals surface area contributed by atoms with E-state index in [1.54, 1.807) is 7.11 Å². The number of aliphatic hydroxyl groups is 2. The van der Waals surface area contributed by atoms with Crippen molar-refractivity contribution < 1.29 is 19.7 Å². The molecule has 172 valence electrons. The summed E-state index contributed by atoms with van der Waals surface area (Å²) in [6, 6.07) is 24.8. The van der Waals surface area contributed by atoms with Crippen LogP contribution in [0.5, 0.6) is 5.75 Å². The third-order valence-electron chi connectivity index (χ3n) is 6.40. The van der Waals surface area contributed by atoms with Crippen molar-refractivity contribution in [2.24, 2.45) is 5.92 Å². The largest absolute Gasteiger partial charge is 0.496 e. The van der Waals surface area contributed by atoms with Gasteiger partial charge in [0.1, 0.15) is 5.75 Å². The third kappa shape index (κ3) is 5.62. The molecular formula is C28H31NO4. The van der Waals surface area contributed by atoms with Crippen molar-refractivity contribution in [3.8, 4) is 5.75 Å². The minimum Gasteiger partial charge on any atom is -0.496 e. The van der Waals surface area contributed by atoms with E-state index in [1.807, 2.05) is 78.9 Å². The number of ether oxygens (including phenoxy) is 1. The highest BCUT2D eigenvalue weighted by molar-refractivity contribution is 5.79. The summed E-state index contributed by atoms with van der Waals surface area (Å²) in [5, 5.41) is 24.6. The van der Waals surface area contributed by atoms with E-state index in [1.165, 1.54) is 0 Å². The molecule has 0 aromatic heterocycles. The maximum absolute atomic E-state index is 13.4. The van der Waals surface area contributed by atoms with Crippen LogP contribution in [-0.2, 0) is 24.1 Å². The molecule has 0 bridgehead atoms. The van der Waals surface area contributed by atoms with Crippen LogP contribution in [0.15, 0.2) is 78.9 Å². The van der Waals surface area contributed by atoms with Crippen LogP contribution in [0.4, 0.5) is 0 Å². The first-order valence-electron chi connectivity index (χ1n) is 11.4. The quantitative estimate of drug-likeness (QED) is 0.470. The normalized spacial score (nSPS) is 18.9. The number of aliphatic hydroxyl groups excluding tert-OH is 2. The van der Waals surface area contributed by atoms with Gasteiger partial charge in [-0.1, -0.05) is 72.8 Å². The van der Waals surface area contributed by atoms with E-state index in [2.05, 4.69) is 5.32 Å². The highest BCUT2D eigenvalue weighted by atomic mass is 16.5. The average Bonchev–Trinajstić information content (AvgIpc) is 3.14. The van der Waals surface area contributed by atoms with Crippen molar-refractivity contribution >= 4 is 5.91 Å². The molecule has 3 aromatic carbocycles. The van der Waals surface area contributed by atoms with Crippen LogP contribution >= 0.6 is 0 Å². The van der Waals surface area contributed by atoms with Crippen LogP contribution in [0, 0.1) is 5.92 Å². The molecule has 1 aliphatic carbocycles. The second-order valence-electron chi connectivity index (χ2n) is 8.75. The van der Waals surface area contributed by atoms with Crippen molar-refractivity contribution in [3.05, 3.63) is 101 Å². The molecule has 1 amide bonds. The summed E-state index contributed by atoms with van der Waals surface area (Å²) in [7, 11) is 1.61. The monoisotopic (exact) mass is 445 g/mol. The van der Waals surface area contributed by atoms with E-state index >= 15 is 0 Å². The molecule has 4 atom stereocenters. The molecule has 0 saturated carbocycles. The fourth-order valence-corrected chi connectivity index (χ4v) is 4.74. The Morgan fingerprint density at radius 1 is 1.00 bits per heavy atom. The predicted octanol–water partition coefficient (Wildman–Crippen LogP) is 3.62. The highest BCUT2D eigenvalue weighted by Crippen LogP contribution is 2.32. The van der Waals surface area contributed by atoms with E-state index in [0.29, 0.717) is 25.7 Å². The fourth-order valence-electron chi connectivity index (χ4n) is 4.74. The van der Waals surface area contributed by atoms with Gasteiger partial charge < -0.3 is 20.3 Å². The van der Waals surface area contributed by atoms with Gasteiger partial charge in [0, 0.05) is 18.8 Å². The first-order chi connectivity index (χ1) is 16.0. The number of carbonyl (C=O) groups excluding carboxylic acids is 1. The van der Waals surface area contributed by atoms with E-state index in [0.717, 1.165) is 28.0 Å². The Hall–Kier alpha value is -3.15. The summed E-state index contributed by atoms with van der Waals surface area (Å²) in [5.74, 6) is 0.141. The molecule has 0 aliphatic heterocycles.